The van der Waals surface area contributed by atoms with Crippen LogP contribution in [0, 0.1) is 0 Å². The molecule has 126 valence electrons. The predicted molar refractivity (Wildman–Crippen MR) is 98.6 cm³/mol. The summed E-state index contributed by atoms with van der Waals surface area (Å²) in [5.41, 5.74) is 3.87. The van der Waals surface area contributed by atoms with Crippen molar-refractivity contribution in [1.29, 1.82) is 0 Å². The maximum absolute atomic E-state index is 12.3. The number of carbonyl (C=O) groups is 1. The highest BCUT2D eigenvalue weighted by atomic mass is 16.5. The Morgan fingerprint density at radius 2 is 1.64 bits per heavy atom. The third-order valence-corrected chi connectivity index (χ3v) is 3.81. The van der Waals surface area contributed by atoms with E-state index < -0.39 is 0 Å². The number of amides is 1. The molecule has 3 aromatic carbocycles. The molecule has 25 heavy (non-hydrogen) atoms. The second kappa shape index (κ2) is 7.49. The van der Waals surface area contributed by atoms with E-state index in [1.165, 1.54) is 14.2 Å². The number of hydrazone groups is 1. The van der Waals surface area contributed by atoms with E-state index in [0.717, 1.165) is 16.3 Å². The molecular weight excluding hydrogens is 316 g/mol. The molecule has 0 aromatic heterocycles. The van der Waals surface area contributed by atoms with Crippen LogP contribution in [-0.2, 0) is 0 Å². The zero-order valence-electron chi connectivity index (χ0n) is 14.0. The van der Waals surface area contributed by atoms with Gasteiger partial charge in [-0.05, 0) is 22.9 Å². The van der Waals surface area contributed by atoms with Crippen LogP contribution in [0.5, 0.6) is 11.5 Å². The summed E-state index contributed by atoms with van der Waals surface area (Å²) >= 11 is 0. The van der Waals surface area contributed by atoms with Crippen LogP contribution in [0.2, 0.25) is 0 Å². The van der Waals surface area contributed by atoms with E-state index in [-0.39, 0.29) is 5.91 Å². The first-order chi connectivity index (χ1) is 12.2. The van der Waals surface area contributed by atoms with E-state index in [0.29, 0.717) is 17.1 Å². The Morgan fingerprint density at radius 3 is 2.36 bits per heavy atom. The maximum atomic E-state index is 12.3. The highest BCUT2D eigenvalue weighted by Crippen LogP contribution is 2.22. The van der Waals surface area contributed by atoms with E-state index in [1.54, 1.807) is 24.4 Å². The number of hydrogen-bond donors (Lipinski definition) is 1. The first-order valence-corrected chi connectivity index (χ1v) is 7.75. The number of methoxy groups -OCH3 is 2. The highest BCUT2D eigenvalue weighted by Gasteiger charge is 2.09. The zero-order valence-corrected chi connectivity index (χ0v) is 14.0. The van der Waals surface area contributed by atoms with Crippen molar-refractivity contribution in [3.8, 4) is 11.5 Å². The minimum Gasteiger partial charge on any atom is -0.497 e. The number of benzene rings is 3. The number of fused-ring (bicyclic) bond motifs is 1. The van der Waals surface area contributed by atoms with Crippen molar-refractivity contribution >= 4 is 22.9 Å². The molecule has 5 heteroatoms. The number of nitrogens with one attached hydrogen (secondary N) is 1. The first-order valence-electron chi connectivity index (χ1n) is 7.75. The molecule has 0 saturated carbocycles. The minimum absolute atomic E-state index is 0.339. The van der Waals surface area contributed by atoms with Gasteiger partial charge in [0.2, 0.25) is 0 Å². The summed E-state index contributed by atoms with van der Waals surface area (Å²) in [4.78, 5) is 12.3. The molecule has 0 fully saturated rings. The van der Waals surface area contributed by atoms with Crippen molar-refractivity contribution in [2.45, 2.75) is 0 Å². The molecule has 0 unspecified atom stereocenters. The minimum atomic E-state index is -0.339. The molecular formula is C20H18N2O3. The standard InChI is InChI=1S/C20H18N2O3/c1-24-17-10-16(11-18(12-17)25-2)20(23)22-21-13-15-8-5-7-14-6-3-4-9-19(14)15/h3-13H,1-2H3,(H,22,23)/b21-13-. The van der Waals surface area contributed by atoms with Gasteiger partial charge in [0.25, 0.3) is 5.91 Å². The van der Waals surface area contributed by atoms with Gasteiger partial charge in [-0.2, -0.15) is 5.10 Å². The van der Waals surface area contributed by atoms with Crippen molar-refractivity contribution in [2.75, 3.05) is 14.2 Å². The van der Waals surface area contributed by atoms with Crippen molar-refractivity contribution in [1.82, 2.24) is 5.43 Å². The molecule has 0 heterocycles. The van der Waals surface area contributed by atoms with Crippen LogP contribution >= 0.6 is 0 Å². The second-order valence-electron chi connectivity index (χ2n) is 5.37. The second-order valence-corrected chi connectivity index (χ2v) is 5.37. The van der Waals surface area contributed by atoms with Crippen LogP contribution in [0.1, 0.15) is 15.9 Å². The number of rotatable bonds is 5. The Labute approximate surface area is 145 Å². The summed E-state index contributed by atoms with van der Waals surface area (Å²) < 4.78 is 10.3. The summed E-state index contributed by atoms with van der Waals surface area (Å²) in [6, 6.07) is 18.9. The van der Waals surface area contributed by atoms with Gasteiger partial charge in [0.1, 0.15) is 11.5 Å². The van der Waals surface area contributed by atoms with Gasteiger partial charge in [-0.1, -0.05) is 42.5 Å². The predicted octanol–water partition coefficient (Wildman–Crippen LogP) is 3.62. The van der Waals surface area contributed by atoms with Gasteiger partial charge in [-0.25, -0.2) is 5.43 Å². The zero-order chi connectivity index (χ0) is 17.6. The number of ether oxygens (including phenoxy) is 2. The summed E-state index contributed by atoms with van der Waals surface area (Å²) in [6.45, 7) is 0. The number of hydrogen-bond acceptors (Lipinski definition) is 4. The molecule has 0 bridgehead atoms. The van der Waals surface area contributed by atoms with Crippen LogP contribution in [0.25, 0.3) is 10.8 Å². The topological polar surface area (TPSA) is 59.9 Å². The lowest BCUT2D eigenvalue weighted by molar-refractivity contribution is 0.0954. The molecule has 0 saturated heterocycles. The molecule has 5 nitrogen and oxygen atoms in total. The molecule has 0 radical (unpaired) electrons. The molecule has 3 aromatic rings. The molecule has 0 aliphatic heterocycles. The van der Waals surface area contributed by atoms with Crippen molar-refractivity contribution < 1.29 is 14.3 Å². The van der Waals surface area contributed by atoms with Crippen LogP contribution in [0.3, 0.4) is 0 Å². The van der Waals surface area contributed by atoms with E-state index >= 15 is 0 Å². The molecule has 0 aliphatic rings. The fourth-order valence-electron chi connectivity index (χ4n) is 2.53. The average molecular weight is 334 g/mol. The quantitative estimate of drug-likeness (QED) is 0.573. The van der Waals surface area contributed by atoms with Gasteiger partial charge >= 0.3 is 0 Å². The summed E-state index contributed by atoms with van der Waals surface area (Å²) in [5.74, 6) is 0.749. The molecule has 3 rings (SSSR count). The Hall–Kier alpha value is -3.34. The molecule has 0 spiro atoms. The van der Waals surface area contributed by atoms with Gasteiger partial charge < -0.3 is 9.47 Å². The molecule has 1 amide bonds. The fraction of sp³-hybridized carbons (Fsp3) is 0.100. The highest BCUT2D eigenvalue weighted by molar-refractivity contribution is 6.00. The monoisotopic (exact) mass is 334 g/mol. The third kappa shape index (κ3) is 3.77. The smallest absolute Gasteiger partial charge is 0.271 e. The molecule has 1 N–H and O–H groups in total. The van der Waals surface area contributed by atoms with Crippen LogP contribution < -0.4 is 14.9 Å². The van der Waals surface area contributed by atoms with Gasteiger partial charge in [0, 0.05) is 17.2 Å². The number of carbonyl (C=O) groups excluding carboxylic acids is 1. The lowest BCUT2D eigenvalue weighted by Gasteiger charge is -2.07. The maximum Gasteiger partial charge on any atom is 0.271 e. The van der Waals surface area contributed by atoms with Crippen LogP contribution in [-0.4, -0.2) is 26.3 Å². The van der Waals surface area contributed by atoms with Gasteiger partial charge in [0.15, 0.2) is 0 Å². The van der Waals surface area contributed by atoms with E-state index in [9.17, 15) is 4.79 Å². The SMILES string of the molecule is COc1cc(OC)cc(C(=O)N/N=C\c2cccc3ccccc23)c1. The first kappa shape index (κ1) is 16.5. The summed E-state index contributed by atoms with van der Waals surface area (Å²) in [6.07, 6.45) is 1.64. The average Bonchev–Trinajstić information content (AvgIpc) is 2.67. The Balaban J connectivity index is 1.79. The van der Waals surface area contributed by atoms with E-state index in [1.807, 2.05) is 42.5 Å². The Morgan fingerprint density at radius 1 is 0.960 bits per heavy atom. The molecule has 0 aliphatic carbocycles. The van der Waals surface area contributed by atoms with Crippen LogP contribution in [0.4, 0.5) is 0 Å². The van der Waals surface area contributed by atoms with Crippen LogP contribution in [0.15, 0.2) is 65.8 Å². The summed E-state index contributed by atoms with van der Waals surface area (Å²) in [5, 5.41) is 6.27. The lowest BCUT2D eigenvalue weighted by Crippen LogP contribution is -2.17. The normalized spacial score (nSPS) is 10.8. The third-order valence-electron chi connectivity index (χ3n) is 3.81. The van der Waals surface area contributed by atoms with Gasteiger partial charge in [-0.15, -0.1) is 0 Å². The Bertz CT molecular complexity index is 908. The van der Waals surface area contributed by atoms with E-state index in [2.05, 4.69) is 10.5 Å². The van der Waals surface area contributed by atoms with E-state index in [4.69, 9.17) is 9.47 Å². The van der Waals surface area contributed by atoms with Crippen molar-refractivity contribution in [2.24, 2.45) is 5.10 Å². The fourth-order valence-corrected chi connectivity index (χ4v) is 2.53. The van der Waals surface area contributed by atoms with Crippen molar-refractivity contribution in [3.05, 3.63) is 71.8 Å². The number of nitrogens with zero attached hydrogens (tertiary/aromatic N) is 1. The largest absolute Gasteiger partial charge is 0.497 e. The lowest BCUT2D eigenvalue weighted by atomic mass is 10.1. The molecule has 0 atom stereocenters. The Kier molecular flexibility index (Phi) is 4.95. The van der Waals surface area contributed by atoms with Gasteiger partial charge in [-0.3, -0.25) is 4.79 Å². The summed E-state index contributed by atoms with van der Waals surface area (Å²) in [7, 11) is 3.07. The van der Waals surface area contributed by atoms with Gasteiger partial charge in [0.05, 0.1) is 20.4 Å². The van der Waals surface area contributed by atoms with Crippen molar-refractivity contribution in [3.63, 3.8) is 0 Å².